The Morgan fingerprint density at radius 3 is 2.13 bits per heavy atom. The van der Waals surface area contributed by atoms with E-state index in [-0.39, 0.29) is 51.0 Å². The largest absolute Gasteiger partial charge is 2.00 e. The first-order valence-electron chi connectivity index (χ1n) is 4.41. The summed E-state index contributed by atoms with van der Waals surface area (Å²) in [6, 6.07) is 0. The summed E-state index contributed by atoms with van der Waals surface area (Å²) in [4.78, 5) is 0. The van der Waals surface area contributed by atoms with Crippen molar-refractivity contribution in [3.8, 4) is 0 Å². The first-order chi connectivity index (χ1) is 5.93. The molecule has 0 amide bonds. The van der Waals surface area contributed by atoms with Crippen molar-refractivity contribution >= 4 is 24.8 Å². The summed E-state index contributed by atoms with van der Waals surface area (Å²) in [5.74, 6) is 0. The SMILES string of the molecule is CCC1=[C-]CC=C1.Cl.Cl.[C-]1=CC=CC1.[Zr+2]. The van der Waals surface area contributed by atoms with Gasteiger partial charge in [0.1, 0.15) is 0 Å². The molecule has 15 heavy (non-hydrogen) atoms. The van der Waals surface area contributed by atoms with Gasteiger partial charge in [0.2, 0.25) is 0 Å². The number of rotatable bonds is 1. The van der Waals surface area contributed by atoms with Crippen LogP contribution < -0.4 is 0 Å². The molecule has 0 aromatic carbocycles. The van der Waals surface area contributed by atoms with Gasteiger partial charge in [0, 0.05) is 0 Å². The Morgan fingerprint density at radius 1 is 1.20 bits per heavy atom. The van der Waals surface area contributed by atoms with Crippen molar-refractivity contribution in [1.82, 2.24) is 0 Å². The maximum absolute atomic E-state index is 3.21. The standard InChI is InChI=1S/C7H9.C5H5.2ClH.Zr/c1-2-7-5-3-4-6-7;1-2-4-5-3-1;;;/h3,5H,2,4H2,1H3;1-3H,4H2;2*1H;/q2*-1;;;+2. The summed E-state index contributed by atoms with van der Waals surface area (Å²) in [7, 11) is 0. The van der Waals surface area contributed by atoms with Gasteiger partial charge in [0.25, 0.3) is 0 Å². The van der Waals surface area contributed by atoms with Gasteiger partial charge in [-0.15, -0.1) is 37.7 Å². The van der Waals surface area contributed by atoms with Crippen molar-refractivity contribution < 1.29 is 26.2 Å². The second kappa shape index (κ2) is 14.4. The molecule has 0 heterocycles. The quantitative estimate of drug-likeness (QED) is 0.634. The van der Waals surface area contributed by atoms with E-state index in [1.807, 2.05) is 12.2 Å². The van der Waals surface area contributed by atoms with Gasteiger partial charge < -0.3 is 0 Å². The molecule has 0 unspecified atom stereocenters. The minimum atomic E-state index is 0. The Hall–Kier alpha value is 0.423. The van der Waals surface area contributed by atoms with Gasteiger partial charge in [-0.1, -0.05) is 13.3 Å². The zero-order valence-electron chi connectivity index (χ0n) is 8.82. The van der Waals surface area contributed by atoms with Gasteiger partial charge in [0.15, 0.2) is 0 Å². The van der Waals surface area contributed by atoms with Crippen LogP contribution in [0.1, 0.15) is 26.2 Å². The van der Waals surface area contributed by atoms with Crippen molar-refractivity contribution in [3.63, 3.8) is 0 Å². The third kappa shape index (κ3) is 10.7. The van der Waals surface area contributed by atoms with E-state index in [2.05, 4.69) is 37.3 Å². The molecule has 0 aliphatic heterocycles. The Kier molecular flexibility index (Phi) is 20.0. The molecular formula is C12H16Cl2Zr. The van der Waals surface area contributed by atoms with Gasteiger partial charge in [-0.3, -0.25) is 12.2 Å². The fourth-order valence-corrected chi connectivity index (χ4v) is 1.03. The molecule has 82 valence electrons. The molecule has 2 aliphatic rings. The van der Waals surface area contributed by atoms with Crippen LogP contribution in [0.4, 0.5) is 0 Å². The van der Waals surface area contributed by atoms with Crippen LogP contribution in [0, 0.1) is 12.2 Å². The smallest absolute Gasteiger partial charge is 0.273 e. The predicted molar refractivity (Wildman–Crippen MR) is 66.9 cm³/mol. The molecule has 0 saturated heterocycles. The molecule has 2 aliphatic carbocycles. The van der Waals surface area contributed by atoms with E-state index in [9.17, 15) is 0 Å². The minimum Gasteiger partial charge on any atom is -0.273 e. The van der Waals surface area contributed by atoms with Gasteiger partial charge in [-0.25, -0.2) is 23.8 Å². The molecule has 0 saturated carbocycles. The van der Waals surface area contributed by atoms with Crippen LogP contribution in [0.5, 0.6) is 0 Å². The third-order valence-electron chi connectivity index (χ3n) is 1.73. The van der Waals surface area contributed by atoms with E-state index in [0.29, 0.717) is 0 Å². The van der Waals surface area contributed by atoms with Gasteiger partial charge >= 0.3 is 26.2 Å². The van der Waals surface area contributed by atoms with Crippen LogP contribution in [0.3, 0.4) is 0 Å². The van der Waals surface area contributed by atoms with E-state index in [1.165, 1.54) is 5.57 Å². The van der Waals surface area contributed by atoms with Crippen molar-refractivity contribution in [3.05, 3.63) is 48.1 Å². The Balaban J connectivity index is -0.000000165. The topological polar surface area (TPSA) is 0 Å². The normalized spacial score (nSPS) is 14.1. The van der Waals surface area contributed by atoms with E-state index in [1.54, 1.807) is 0 Å². The van der Waals surface area contributed by atoms with Gasteiger partial charge in [-0.05, 0) is 0 Å². The average molecular weight is 322 g/mol. The first kappa shape index (κ1) is 20.8. The van der Waals surface area contributed by atoms with Crippen LogP contribution in [0.15, 0.2) is 36.0 Å². The van der Waals surface area contributed by atoms with Gasteiger partial charge in [0.05, 0.1) is 0 Å². The molecule has 0 nitrogen and oxygen atoms in total. The zero-order chi connectivity index (χ0) is 8.65. The molecule has 0 fully saturated rings. The van der Waals surface area contributed by atoms with Crippen molar-refractivity contribution in [2.75, 3.05) is 0 Å². The zero-order valence-corrected chi connectivity index (χ0v) is 12.9. The summed E-state index contributed by atoms with van der Waals surface area (Å²) in [6.07, 6.45) is 19.7. The molecule has 0 radical (unpaired) electrons. The van der Waals surface area contributed by atoms with Crippen molar-refractivity contribution in [1.29, 1.82) is 0 Å². The fourth-order valence-electron chi connectivity index (χ4n) is 1.03. The Labute approximate surface area is 125 Å². The minimum absolute atomic E-state index is 0. The monoisotopic (exact) mass is 320 g/mol. The van der Waals surface area contributed by atoms with E-state index in [0.717, 1.165) is 19.3 Å². The summed E-state index contributed by atoms with van der Waals surface area (Å²) in [6.45, 7) is 2.15. The predicted octanol–water partition coefficient (Wildman–Crippen LogP) is 4.23. The molecule has 3 heteroatoms. The molecule has 0 spiro atoms. The summed E-state index contributed by atoms with van der Waals surface area (Å²) in [5, 5.41) is 0. The Bertz CT molecular complexity index is 230. The number of hydrogen-bond acceptors (Lipinski definition) is 0. The van der Waals surface area contributed by atoms with E-state index >= 15 is 0 Å². The average Bonchev–Trinajstić information content (AvgIpc) is 2.81. The molecule has 0 bridgehead atoms. The number of halogens is 2. The van der Waals surface area contributed by atoms with Crippen molar-refractivity contribution in [2.45, 2.75) is 26.2 Å². The van der Waals surface area contributed by atoms with E-state index in [4.69, 9.17) is 0 Å². The molecule has 0 aromatic rings. The van der Waals surface area contributed by atoms with Crippen LogP contribution in [0.2, 0.25) is 0 Å². The van der Waals surface area contributed by atoms with Crippen LogP contribution >= 0.6 is 24.8 Å². The Morgan fingerprint density at radius 2 is 1.93 bits per heavy atom. The molecule has 0 aromatic heterocycles. The van der Waals surface area contributed by atoms with Crippen LogP contribution in [-0.2, 0) is 26.2 Å². The second-order valence-electron chi connectivity index (χ2n) is 2.67. The van der Waals surface area contributed by atoms with E-state index < -0.39 is 0 Å². The summed E-state index contributed by atoms with van der Waals surface area (Å²) < 4.78 is 0. The number of allylic oxidation sites excluding steroid dienone is 8. The molecule has 0 N–H and O–H groups in total. The second-order valence-corrected chi connectivity index (χ2v) is 2.67. The first-order valence-corrected chi connectivity index (χ1v) is 4.41. The van der Waals surface area contributed by atoms with Crippen molar-refractivity contribution in [2.24, 2.45) is 0 Å². The fraction of sp³-hybridized carbons (Fsp3) is 0.333. The maximum Gasteiger partial charge on any atom is 2.00 e. The molecular weight excluding hydrogens is 306 g/mol. The maximum atomic E-state index is 3.21. The van der Waals surface area contributed by atoms with Gasteiger partial charge in [-0.2, -0.15) is 12.2 Å². The third-order valence-corrected chi connectivity index (χ3v) is 1.73. The number of hydrogen-bond donors (Lipinski definition) is 0. The summed E-state index contributed by atoms with van der Waals surface area (Å²) >= 11 is 0. The summed E-state index contributed by atoms with van der Waals surface area (Å²) in [5.41, 5.74) is 1.36. The van der Waals surface area contributed by atoms with Crippen LogP contribution in [0.25, 0.3) is 0 Å². The molecule has 2 rings (SSSR count). The van der Waals surface area contributed by atoms with Crippen LogP contribution in [-0.4, -0.2) is 0 Å². The molecule has 0 atom stereocenters.